The number of aromatic nitrogens is 2. The fourth-order valence-electron chi connectivity index (χ4n) is 2.99. The van der Waals surface area contributed by atoms with Crippen molar-refractivity contribution >= 4 is 23.4 Å². The lowest BCUT2D eigenvalue weighted by Gasteiger charge is -2.32. The number of hydrogen-bond donors (Lipinski definition) is 0. The van der Waals surface area contributed by atoms with Crippen LogP contribution in [0.5, 0.6) is 0 Å². The summed E-state index contributed by atoms with van der Waals surface area (Å²) in [4.78, 5) is 9.14. The van der Waals surface area contributed by atoms with Gasteiger partial charge in [-0.1, -0.05) is 30.3 Å². The van der Waals surface area contributed by atoms with Crippen molar-refractivity contribution in [2.24, 2.45) is 0 Å². The highest BCUT2D eigenvalue weighted by Gasteiger charge is 2.51. The minimum Gasteiger partial charge on any atom is -0.399 e. The standard InChI is InChI=1S/C20H21BN2O2/c1-19(2)20(3,4)25-21(24-19)15-9-10-17(23-13-15)18-16-8-6-5-7-14(16)11-12-22-18/h5-13H,1-4H3. The van der Waals surface area contributed by atoms with E-state index >= 15 is 0 Å². The van der Waals surface area contributed by atoms with Crippen molar-refractivity contribution in [2.75, 3.05) is 0 Å². The van der Waals surface area contributed by atoms with Crippen LogP contribution in [0.25, 0.3) is 22.2 Å². The molecule has 4 nitrogen and oxygen atoms in total. The van der Waals surface area contributed by atoms with Gasteiger partial charge >= 0.3 is 7.12 Å². The van der Waals surface area contributed by atoms with Gasteiger partial charge in [-0.2, -0.15) is 0 Å². The largest absolute Gasteiger partial charge is 0.496 e. The monoisotopic (exact) mass is 332 g/mol. The average Bonchev–Trinajstić information content (AvgIpc) is 2.82. The van der Waals surface area contributed by atoms with Crippen LogP contribution in [-0.2, 0) is 9.31 Å². The summed E-state index contributed by atoms with van der Waals surface area (Å²) in [5.74, 6) is 0. The molecule has 0 amide bonds. The lowest BCUT2D eigenvalue weighted by atomic mass is 9.80. The molecule has 0 bridgehead atoms. The smallest absolute Gasteiger partial charge is 0.399 e. The van der Waals surface area contributed by atoms with E-state index in [1.807, 2.05) is 42.7 Å². The van der Waals surface area contributed by atoms with E-state index in [-0.39, 0.29) is 11.2 Å². The first-order valence-electron chi connectivity index (χ1n) is 8.53. The summed E-state index contributed by atoms with van der Waals surface area (Å²) < 4.78 is 12.2. The molecule has 0 radical (unpaired) electrons. The first-order valence-corrected chi connectivity index (χ1v) is 8.53. The molecule has 1 aromatic carbocycles. The predicted molar refractivity (Wildman–Crippen MR) is 101 cm³/mol. The van der Waals surface area contributed by atoms with Gasteiger partial charge in [0.15, 0.2) is 0 Å². The topological polar surface area (TPSA) is 44.2 Å². The van der Waals surface area contributed by atoms with Crippen LogP contribution in [0.4, 0.5) is 0 Å². The zero-order chi connectivity index (χ0) is 17.7. The van der Waals surface area contributed by atoms with Gasteiger partial charge in [0.05, 0.1) is 22.6 Å². The number of benzene rings is 1. The Morgan fingerprint density at radius 3 is 2.24 bits per heavy atom. The van der Waals surface area contributed by atoms with Crippen molar-refractivity contribution < 1.29 is 9.31 Å². The molecule has 1 aliphatic heterocycles. The highest BCUT2D eigenvalue weighted by molar-refractivity contribution is 6.62. The van der Waals surface area contributed by atoms with Crippen LogP contribution in [-0.4, -0.2) is 28.3 Å². The van der Waals surface area contributed by atoms with Crippen molar-refractivity contribution in [3.05, 3.63) is 54.9 Å². The fraction of sp³-hybridized carbons (Fsp3) is 0.300. The number of fused-ring (bicyclic) bond motifs is 1. The second-order valence-electron chi connectivity index (χ2n) is 7.45. The first-order chi connectivity index (χ1) is 11.9. The second kappa shape index (κ2) is 5.65. The SMILES string of the molecule is CC1(C)OB(c2ccc(-c3nccc4ccccc34)nc2)OC1(C)C. The highest BCUT2D eigenvalue weighted by Crippen LogP contribution is 2.36. The van der Waals surface area contributed by atoms with E-state index in [1.165, 1.54) is 0 Å². The van der Waals surface area contributed by atoms with E-state index in [1.54, 1.807) is 0 Å². The molecular formula is C20H21BN2O2. The van der Waals surface area contributed by atoms with Crippen molar-refractivity contribution in [2.45, 2.75) is 38.9 Å². The van der Waals surface area contributed by atoms with Gasteiger partial charge in [0.1, 0.15) is 0 Å². The number of pyridine rings is 2. The Morgan fingerprint density at radius 2 is 1.56 bits per heavy atom. The van der Waals surface area contributed by atoms with Gasteiger partial charge < -0.3 is 9.31 Å². The Kier molecular flexibility index (Phi) is 3.67. The Balaban J connectivity index is 1.67. The molecule has 3 heterocycles. The summed E-state index contributed by atoms with van der Waals surface area (Å²) in [6, 6.07) is 14.2. The van der Waals surface area contributed by atoms with Crippen LogP contribution in [0.15, 0.2) is 54.9 Å². The molecule has 0 N–H and O–H groups in total. The van der Waals surface area contributed by atoms with Gasteiger partial charge in [-0.15, -0.1) is 0 Å². The minimum absolute atomic E-state index is 0.354. The van der Waals surface area contributed by atoms with Gasteiger partial charge in [-0.05, 0) is 45.2 Å². The fourth-order valence-corrected chi connectivity index (χ4v) is 2.99. The Morgan fingerprint density at radius 1 is 0.840 bits per heavy atom. The lowest BCUT2D eigenvalue weighted by molar-refractivity contribution is 0.00578. The molecule has 0 unspecified atom stereocenters. The van der Waals surface area contributed by atoms with Gasteiger partial charge in [0.2, 0.25) is 0 Å². The molecule has 5 heteroatoms. The minimum atomic E-state index is -0.396. The third kappa shape index (κ3) is 2.73. The van der Waals surface area contributed by atoms with Crippen molar-refractivity contribution in [3.8, 4) is 11.4 Å². The van der Waals surface area contributed by atoms with E-state index in [2.05, 4.69) is 49.8 Å². The van der Waals surface area contributed by atoms with Crippen molar-refractivity contribution in [1.29, 1.82) is 0 Å². The summed E-state index contributed by atoms with van der Waals surface area (Å²) in [5, 5.41) is 2.25. The normalized spacial score (nSPS) is 18.6. The zero-order valence-corrected chi connectivity index (χ0v) is 15.0. The molecule has 0 aliphatic carbocycles. The summed E-state index contributed by atoms with van der Waals surface area (Å²) in [6.45, 7) is 8.20. The van der Waals surface area contributed by atoms with Crippen LogP contribution in [0.2, 0.25) is 0 Å². The maximum Gasteiger partial charge on any atom is 0.496 e. The Hall–Kier alpha value is -2.24. The zero-order valence-electron chi connectivity index (χ0n) is 15.0. The second-order valence-corrected chi connectivity index (χ2v) is 7.45. The molecule has 0 atom stereocenters. The molecule has 3 aromatic rings. The third-order valence-electron chi connectivity index (χ3n) is 5.23. The predicted octanol–water partition coefficient (Wildman–Crippen LogP) is 3.60. The molecule has 126 valence electrons. The molecular weight excluding hydrogens is 311 g/mol. The molecule has 1 aliphatic rings. The first kappa shape index (κ1) is 16.2. The van der Waals surface area contributed by atoms with E-state index in [0.717, 1.165) is 27.6 Å². The molecule has 0 spiro atoms. The average molecular weight is 332 g/mol. The molecule has 2 aromatic heterocycles. The maximum atomic E-state index is 6.09. The number of hydrogen-bond acceptors (Lipinski definition) is 4. The Labute approximate surface area is 148 Å². The highest BCUT2D eigenvalue weighted by atomic mass is 16.7. The van der Waals surface area contributed by atoms with Gasteiger partial charge in [-0.3, -0.25) is 9.97 Å². The van der Waals surface area contributed by atoms with Gasteiger partial charge in [-0.25, -0.2) is 0 Å². The van der Waals surface area contributed by atoms with Crippen molar-refractivity contribution in [3.63, 3.8) is 0 Å². The molecule has 1 fully saturated rings. The molecule has 0 saturated carbocycles. The third-order valence-corrected chi connectivity index (χ3v) is 5.23. The number of nitrogens with zero attached hydrogens (tertiary/aromatic N) is 2. The van der Waals surface area contributed by atoms with Crippen LogP contribution in [0.1, 0.15) is 27.7 Å². The van der Waals surface area contributed by atoms with Crippen LogP contribution >= 0.6 is 0 Å². The van der Waals surface area contributed by atoms with Crippen molar-refractivity contribution in [1.82, 2.24) is 9.97 Å². The van der Waals surface area contributed by atoms with Gasteiger partial charge in [0, 0.05) is 23.2 Å². The van der Waals surface area contributed by atoms with E-state index < -0.39 is 7.12 Å². The summed E-state index contributed by atoms with van der Waals surface area (Å²) >= 11 is 0. The van der Waals surface area contributed by atoms with Crippen LogP contribution in [0.3, 0.4) is 0 Å². The summed E-state index contributed by atoms with van der Waals surface area (Å²) in [6.07, 6.45) is 3.64. The van der Waals surface area contributed by atoms with E-state index in [4.69, 9.17) is 9.31 Å². The van der Waals surface area contributed by atoms with Gasteiger partial charge in [0.25, 0.3) is 0 Å². The summed E-state index contributed by atoms with van der Waals surface area (Å²) in [5.41, 5.74) is 1.94. The Bertz CT molecular complexity index is 901. The number of rotatable bonds is 2. The molecule has 25 heavy (non-hydrogen) atoms. The quantitative estimate of drug-likeness (QED) is 0.673. The lowest BCUT2D eigenvalue weighted by Crippen LogP contribution is -2.41. The van der Waals surface area contributed by atoms with E-state index in [9.17, 15) is 0 Å². The van der Waals surface area contributed by atoms with Crippen LogP contribution in [0, 0.1) is 0 Å². The molecule has 1 saturated heterocycles. The van der Waals surface area contributed by atoms with E-state index in [0.29, 0.717) is 0 Å². The van der Waals surface area contributed by atoms with Crippen LogP contribution < -0.4 is 5.46 Å². The molecule has 4 rings (SSSR count). The summed E-state index contributed by atoms with van der Waals surface area (Å²) in [7, 11) is -0.396. The maximum absolute atomic E-state index is 6.09.